The van der Waals surface area contributed by atoms with Crippen LogP contribution in [0.15, 0.2) is 91.0 Å². The Morgan fingerprint density at radius 1 is 0.500 bits per heavy atom. The molecule has 3 aromatic carbocycles. The van der Waals surface area contributed by atoms with Gasteiger partial charge in [0, 0.05) is 14.2 Å². The van der Waals surface area contributed by atoms with Gasteiger partial charge in [-0.25, -0.2) is 0 Å². The first kappa shape index (κ1) is 26.5. The third-order valence-corrected chi connectivity index (χ3v) is 6.82. The van der Waals surface area contributed by atoms with Gasteiger partial charge < -0.3 is 23.7 Å². The molecule has 0 heterocycles. The molecule has 192 valence electrons. The van der Waals surface area contributed by atoms with Crippen LogP contribution in [0.3, 0.4) is 0 Å². The van der Waals surface area contributed by atoms with E-state index in [0.717, 1.165) is 36.0 Å². The summed E-state index contributed by atoms with van der Waals surface area (Å²) in [6.07, 6.45) is 1.44. The largest absolute Gasteiger partial charge is 0.379 e. The molecular weight excluding hydrogens is 452 g/mol. The van der Waals surface area contributed by atoms with Crippen molar-refractivity contribution >= 4 is 0 Å². The zero-order valence-electron chi connectivity index (χ0n) is 21.3. The third kappa shape index (κ3) is 7.48. The lowest BCUT2D eigenvalue weighted by Gasteiger charge is -2.41. The minimum Gasteiger partial charge on any atom is -0.379 e. The van der Waals surface area contributed by atoms with Crippen LogP contribution in [0.2, 0.25) is 0 Å². The molecule has 5 nitrogen and oxygen atoms in total. The maximum atomic E-state index is 6.66. The number of benzene rings is 3. The summed E-state index contributed by atoms with van der Waals surface area (Å²) in [5.74, 6) is 0. The van der Waals surface area contributed by atoms with E-state index in [4.69, 9.17) is 23.7 Å². The predicted molar refractivity (Wildman–Crippen MR) is 141 cm³/mol. The number of rotatable bonds is 11. The Balaban J connectivity index is 1.62. The van der Waals surface area contributed by atoms with E-state index in [1.165, 1.54) is 0 Å². The molecule has 0 amide bonds. The van der Waals surface area contributed by atoms with Crippen LogP contribution in [0.1, 0.15) is 36.0 Å². The lowest BCUT2D eigenvalue weighted by atomic mass is 9.89. The van der Waals surface area contributed by atoms with Crippen molar-refractivity contribution in [3.63, 3.8) is 0 Å². The normalized spacial score (nSPS) is 24.7. The van der Waals surface area contributed by atoms with Crippen molar-refractivity contribution in [1.82, 2.24) is 0 Å². The molecule has 36 heavy (non-hydrogen) atoms. The minimum absolute atomic E-state index is 0.116. The maximum Gasteiger partial charge on any atom is 0.115 e. The first-order valence-corrected chi connectivity index (χ1v) is 12.8. The molecule has 3 aromatic rings. The average Bonchev–Trinajstić information content (AvgIpc) is 2.93. The first-order valence-electron chi connectivity index (χ1n) is 12.8. The molecule has 5 heteroatoms. The van der Waals surface area contributed by atoms with Gasteiger partial charge >= 0.3 is 0 Å². The molecule has 0 spiro atoms. The minimum atomic E-state index is -0.382. The molecule has 0 bridgehead atoms. The Kier molecular flexibility index (Phi) is 10.5. The topological polar surface area (TPSA) is 46.2 Å². The van der Waals surface area contributed by atoms with E-state index in [9.17, 15) is 0 Å². The van der Waals surface area contributed by atoms with Crippen LogP contribution in [0, 0.1) is 0 Å². The average molecular weight is 491 g/mol. The highest BCUT2D eigenvalue weighted by atomic mass is 16.6. The van der Waals surface area contributed by atoms with Gasteiger partial charge in [-0.1, -0.05) is 91.0 Å². The Labute approximate surface area is 215 Å². The van der Waals surface area contributed by atoms with E-state index in [0.29, 0.717) is 19.8 Å². The monoisotopic (exact) mass is 490 g/mol. The van der Waals surface area contributed by atoms with Crippen molar-refractivity contribution in [3.8, 4) is 0 Å². The van der Waals surface area contributed by atoms with E-state index < -0.39 is 0 Å². The van der Waals surface area contributed by atoms with Gasteiger partial charge in [0.25, 0.3) is 0 Å². The molecule has 1 unspecified atom stereocenters. The van der Waals surface area contributed by atoms with Gasteiger partial charge in [0.15, 0.2) is 0 Å². The van der Waals surface area contributed by atoms with Crippen molar-refractivity contribution in [2.75, 3.05) is 14.2 Å². The van der Waals surface area contributed by atoms with E-state index in [1.807, 2.05) is 54.6 Å². The summed E-state index contributed by atoms with van der Waals surface area (Å²) in [4.78, 5) is 0. The SMILES string of the molecule is CO[C@H]1CCC[C@@H](OC)[C@H](OCc2ccccc2)C(OCc2ccccc2)[C@@H]1OCc1ccccc1. The standard InChI is InChI=1S/C31H38O5/c1-32-27-19-12-20-28(33-2)30(35-22-25-15-8-4-9-16-25)31(36-23-26-17-10-5-11-18-26)29(27)34-21-24-13-6-3-7-14-24/h3-11,13-18,27-31H,12,19-23H2,1-2H3/t27-,28+,29+,30-,31?. The molecule has 1 aliphatic carbocycles. The van der Waals surface area contributed by atoms with Crippen molar-refractivity contribution < 1.29 is 23.7 Å². The molecule has 1 aliphatic rings. The second-order valence-electron chi connectivity index (χ2n) is 9.26. The molecule has 0 N–H and O–H groups in total. The van der Waals surface area contributed by atoms with Crippen LogP contribution >= 0.6 is 0 Å². The van der Waals surface area contributed by atoms with Crippen LogP contribution in [-0.2, 0) is 43.5 Å². The molecule has 1 saturated carbocycles. The zero-order valence-corrected chi connectivity index (χ0v) is 21.3. The van der Waals surface area contributed by atoms with Gasteiger partial charge in [-0.3, -0.25) is 0 Å². The van der Waals surface area contributed by atoms with Crippen LogP contribution in [-0.4, -0.2) is 44.7 Å². The highest BCUT2D eigenvalue weighted by Gasteiger charge is 2.43. The van der Waals surface area contributed by atoms with E-state index in [-0.39, 0.29) is 30.5 Å². The summed E-state index contributed by atoms with van der Waals surface area (Å²) < 4.78 is 31.8. The summed E-state index contributed by atoms with van der Waals surface area (Å²) in [5.41, 5.74) is 3.33. The number of ether oxygens (including phenoxy) is 5. The van der Waals surface area contributed by atoms with Crippen LogP contribution in [0.5, 0.6) is 0 Å². The fourth-order valence-electron chi connectivity index (χ4n) is 4.86. The molecule has 5 atom stereocenters. The Morgan fingerprint density at radius 2 is 0.833 bits per heavy atom. The summed E-state index contributed by atoms with van der Waals surface area (Å²) in [6.45, 7) is 1.40. The van der Waals surface area contributed by atoms with Gasteiger partial charge in [-0.05, 0) is 36.0 Å². The van der Waals surface area contributed by atoms with Gasteiger partial charge in [0.2, 0.25) is 0 Å². The summed E-state index contributed by atoms with van der Waals surface area (Å²) in [5, 5.41) is 0. The molecule has 4 rings (SSSR count). The second kappa shape index (κ2) is 14.3. The molecule has 1 fully saturated rings. The molecular formula is C31H38O5. The Bertz CT molecular complexity index is 922. The summed E-state index contributed by atoms with van der Waals surface area (Å²) in [7, 11) is 3.51. The predicted octanol–water partition coefficient (Wildman–Crippen LogP) is 5.96. The van der Waals surface area contributed by atoms with Gasteiger partial charge in [0.05, 0.1) is 32.0 Å². The Morgan fingerprint density at radius 3 is 1.17 bits per heavy atom. The van der Waals surface area contributed by atoms with Crippen LogP contribution < -0.4 is 0 Å². The van der Waals surface area contributed by atoms with Crippen molar-refractivity contribution in [1.29, 1.82) is 0 Å². The fourth-order valence-corrected chi connectivity index (χ4v) is 4.86. The highest BCUT2D eigenvalue weighted by molar-refractivity contribution is 5.15. The fraction of sp³-hybridized carbons (Fsp3) is 0.419. The lowest BCUT2D eigenvalue weighted by Crippen LogP contribution is -2.54. The summed E-state index contributed by atoms with van der Waals surface area (Å²) in [6, 6.07) is 30.7. The highest BCUT2D eigenvalue weighted by Crippen LogP contribution is 2.30. The third-order valence-electron chi connectivity index (χ3n) is 6.82. The quantitative estimate of drug-likeness (QED) is 0.332. The molecule has 0 aromatic heterocycles. The van der Waals surface area contributed by atoms with E-state index in [2.05, 4.69) is 36.4 Å². The number of hydrogen-bond donors (Lipinski definition) is 0. The lowest BCUT2D eigenvalue weighted by molar-refractivity contribution is -0.214. The van der Waals surface area contributed by atoms with E-state index >= 15 is 0 Å². The van der Waals surface area contributed by atoms with E-state index in [1.54, 1.807) is 14.2 Å². The smallest absolute Gasteiger partial charge is 0.115 e. The van der Waals surface area contributed by atoms with Gasteiger partial charge in [0.1, 0.15) is 18.3 Å². The molecule has 0 saturated heterocycles. The van der Waals surface area contributed by atoms with Gasteiger partial charge in [-0.15, -0.1) is 0 Å². The molecule has 0 aliphatic heterocycles. The van der Waals surface area contributed by atoms with Crippen molar-refractivity contribution in [2.24, 2.45) is 0 Å². The summed E-state index contributed by atoms with van der Waals surface area (Å²) >= 11 is 0. The Hall–Kier alpha value is -2.54. The number of methoxy groups -OCH3 is 2. The maximum absolute atomic E-state index is 6.66. The van der Waals surface area contributed by atoms with Crippen molar-refractivity contribution in [2.45, 2.75) is 69.6 Å². The van der Waals surface area contributed by atoms with Crippen LogP contribution in [0.25, 0.3) is 0 Å². The van der Waals surface area contributed by atoms with Gasteiger partial charge in [-0.2, -0.15) is 0 Å². The molecule has 0 radical (unpaired) electrons. The van der Waals surface area contributed by atoms with Crippen molar-refractivity contribution in [3.05, 3.63) is 108 Å². The zero-order chi connectivity index (χ0) is 25.0. The number of hydrogen-bond acceptors (Lipinski definition) is 5. The first-order chi connectivity index (χ1) is 17.8. The second-order valence-corrected chi connectivity index (χ2v) is 9.26. The van der Waals surface area contributed by atoms with Crippen LogP contribution in [0.4, 0.5) is 0 Å².